The largest absolute Gasteiger partial charge is 0.494 e. The molecule has 142 valence electrons. The Morgan fingerprint density at radius 3 is 2.31 bits per heavy atom. The molecule has 1 amide bonds. The van der Waals surface area contributed by atoms with Crippen molar-refractivity contribution in [1.82, 2.24) is 4.98 Å². The average molecular weight is 358 g/mol. The summed E-state index contributed by atoms with van der Waals surface area (Å²) in [5.41, 5.74) is 0.591. The standard InChI is InChI=1S/C21H30N2O3/c1-14(2)12-21(26-6,13-15(3)4)20(24)23-17-9-10-18(25-5)19-16(17)8-7-11-22-19/h7-11,14-15H,12-13H2,1-6H3,(H,23,24). The zero-order valence-corrected chi connectivity index (χ0v) is 16.6. The predicted molar refractivity (Wildman–Crippen MR) is 106 cm³/mol. The van der Waals surface area contributed by atoms with Crippen molar-refractivity contribution in [3.63, 3.8) is 0 Å². The van der Waals surface area contributed by atoms with Gasteiger partial charge in [-0.2, -0.15) is 0 Å². The molecular weight excluding hydrogens is 328 g/mol. The number of aromatic nitrogens is 1. The summed E-state index contributed by atoms with van der Waals surface area (Å²) in [4.78, 5) is 17.6. The van der Waals surface area contributed by atoms with Crippen LogP contribution in [0.15, 0.2) is 30.5 Å². The minimum Gasteiger partial charge on any atom is -0.494 e. The van der Waals surface area contributed by atoms with E-state index in [1.54, 1.807) is 20.4 Å². The van der Waals surface area contributed by atoms with E-state index in [2.05, 4.69) is 38.0 Å². The van der Waals surface area contributed by atoms with Crippen molar-refractivity contribution < 1.29 is 14.3 Å². The summed E-state index contributed by atoms with van der Waals surface area (Å²) in [6, 6.07) is 7.46. The molecule has 1 N–H and O–H groups in total. The molecule has 0 saturated carbocycles. The van der Waals surface area contributed by atoms with Gasteiger partial charge >= 0.3 is 0 Å². The van der Waals surface area contributed by atoms with Crippen molar-refractivity contribution in [1.29, 1.82) is 0 Å². The predicted octanol–water partition coefficient (Wildman–Crippen LogP) is 4.66. The second-order valence-corrected chi connectivity index (χ2v) is 7.56. The Morgan fingerprint density at radius 2 is 1.77 bits per heavy atom. The molecule has 0 spiro atoms. The number of rotatable bonds is 8. The number of nitrogens with zero attached hydrogens (tertiary/aromatic N) is 1. The van der Waals surface area contributed by atoms with E-state index in [0.29, 0.717) is 36.1 Å². The first kappa shape index (κ1) is 20.2. The highest BCUT2D eigenvalue weighted by Gasteiger charge is 2.40. The van der Waals surface area contributed by atoms with Gasteiger partial charge in [-0.3, -0.25) is 9.78 Å². The van der Waals surface area contributed by atoms with Gasteiger partial charge in [-0.1, -0.05) is 27.7 Å². The Labute approximate surface area is 156 Å². The third-order valence-corrected chi connectivity index (χ3v) is 4.48. The van der Waals surface area contributed by atoms with Gasteiger partial charge in [-0.25, -0.2) is 0 Å². The maximum absolute atomic E-state index is 13.2. The minimum atomic E-state index is -0.850. The van der Waals surface area contributed by atoms with Crippen LogP contribution in [0.2, 0.25) is 0 Å². The number of anilines is 1. The smallest absolute Gasteiger partial charge is 0.256 e. The SMILES string of the molecule is COc1ccc(NC(=O)C(CC(C)C)(CC(C)C)OC)c2cccnc12. The molecule has 0 aliphatic rings. The summed E-state index contributed by atoms with van der Waals surface area (Å²) in [5.74, 6) is 1.25. The number of carbonyl (C=O) groups is 1. The van der Waals surface area contributed by atoms with Crippen LogP contribution in [-0.2, 0) is 9.53 Å². The highest BCUT2D eigenvalue weighted by molar-refractivity contribution is 6.05. The zero-order chi connectivity index (χ0) is 19.3. The van der Waals surface area contributed by atoms with Gasteiger partial charge in [0.25, 0.3) is 5.91 Å². The maximum Gasteiger partial charge on any atom is 0.256 e. The molecule has 0 radical (unpaired) electrons. The van der Waals surface area contributed by atoms with Gasteiger partial charge in [-0.15, -0.1) is 0 Å². The number of fused-ring (bicyclic) bond motifs is 1. The van der Waals surface area contributed by atoms with E-state index in [9.17, 15) is 4.79 Å². The number of hydrogen-bond donors (Lipinski definition) is 1. The third kappa shape index (κ3) is 4.33. The van der Waals surface area contributed by atoms with Crippen molar-refractivity contribution in [2.45, 2.75) is 46.1 Å². The van der Waals surface area contributed by atoms with Crippen LogP contribution in [0.4, 0.5) is 5.69 Å². The Hall–Kier alpha value is -2.14. The van der Waals surface area contributed by atoms with E-state index < -0.39 is 5.60 Å². The molecule has 0 saturated heterocycles. The molecule has 0 atom stereocenters. The van der Waals surface area contributed by atoms with Crippen LogP contribution in [0.3, 0.4) is 0 Å². The Kier molecular flexibility index (Phi) is 6.59. The number of ether oxygens (including phenoxy) is 2. The first-order valence-corrected chi connectivity index (χ1v) is 9.11. The van der Waals surface area contributed by atoms with Crippen LogP contribution >= 0.6 is 0 Å². The van der Waals surface area contributed by atoms with Crippen LogP contribution in [0.25, 0.3) is 10.9 Å². The lowest BCUT2D eigenvalue weighted by Crippen LogP contribution is -2.47. The lowest BCUT2D eigenvalue weighted by molar-refractivity contribution is -0.142. The van der Waals surface area contributed by atoms with Gasteiger partial charge < -0.3 is 14.8 Å². The van der Waals surface area contributed by atoms with Crippen LogP contribution < -0.4 is 10.1 Å². The van der Waals surface area contributed by atoms with E-state index in [-0.39, 0.29) is 5.91 Å². The summed E-state index contributed by atoms with van der Waals surface area (Å²) >= 11 is 0. The van der Waals surface area contributed by atoms with Crippen molar-refractivity contribution >= 4 is 22.5 Å². The number of methoxy groups -OCH3 is 2. The molecule has 1 aromatic carbocycles. The quantitative estimate of drug-likeness (QED) is 0.745. The first-order valence-electron chi connectivity index (χ1n) is 9.11. The van der Waals surface area contributed by atoms with Gasteiger partial charge in [0.2, 0.25) is 0 Å². The van der Waals surface area contributed by atoms with Gasteiger partial charge in [0, 0.05) is 18.7 Å². The average Bonchev–Trinajstić information content (AvgIpc) is 2.60. The molecule has 0 bridgehead atoms. The number of nitrogens with one attached hydrogen (secondary N) is 1. The van der Waals surface area contributed by atoms with Crippen LogP contribution in [0, 0.1) is 11.8 Å². The fourth-order valence-corrected chi connectivity index (χ4v) is 3.50. The molecule has 5 heteroatoms. The summed E-state index contributed by atoms with van der Waals surface area (Å²) in [6.45, 7) is 8.42. The normalized spacial score (nSPS) is 12.0. The molecule has 0 unspecified atom stereocenters. The topological polar surface area (TPSA) is 60.5 Å². The molecule has 1 heterocycles. The summed E-state index contributed by atoms with van der Waals surface area (Å²) < 4.78 is 11.2. The lowest BCUT2D eigenvalue weighted by atomic mass is 9.84. The van der Waals surface area contributed by atoms with Crippen LogP contribution in [-0.4, -0.2) is 30.7 Å². The molecule has 5 nitrogen and oxygen atoms in total. The highest BCUT2D eigenvalue weighted by atomic mass is 16.5. The summed E-state index contributed by atoms with van der Waals surface area (Å²) in [7, 11) is 3.24. The van der Waals surface area contributed by atoms with E-state index in [1.165, 1.54) is 0 Å². The van der Waals surface area contributed by atoms with Gasteiger partial charge in [0.1, 0.15) is 16.9 Å². The van der Waals surface area contributed by atoms with E-state index in [1.807, 2.05) is 24.3 Å². The molecule has 1 aromatic heterocycles. The van der Waals surface area contributed by atoms with Crippen LogP contribution in [0.1, 0.15) is 40.5 Å². The van der Waals surface area contributed by atoms with Crippen LogP contribution in [0.5, 0.6) is 5.75 Å². The Morgan fingerprint density at radius 1 is 1.12 bits per heavy atom. The molecular formula is C21H30N2O3. The fourth-order valence-electron chi connectivity index (χ4n) is 3.50. The molecule has 2 rings (SSSR count). The van der Waals surface area contributed by atoms with Crippen molar-refractivity contribution in [3.8, 4) is 5.75 Å². The van der Waals surface area contributed by atoms with Gasteiger partial charge in [-0.05, 0) is 48.9 Å². The molecule has 0 aliphatic heterocycles. The number of carbonyl (C=O) groups excluding carboxylic acids is 1. The second kappa shape index (κ2) is 8.49. The Bertz CT molecular complexity index is 746. The van der Waals surface area contributed by atoms with E-state index >= 15 is 0 Å². The minimum absolute atomic E-state index is 0.113. The number of hydrogen-bond acceptors (Lipinski definition) is 4. The van der Waals surface area contributed by atoms with Crippen molar-refractivity contribution in [2.24, 2.45) is 11.8 Å². The van der Waals surface area contributed by atoms with Gasteiger partial charge in [0.05, 0.1) is 12.8 Å². The molecule has 2 aromatic rings. The molecule has 26 heavy (non-hydrogen) atoms. The van der Waals surface area contributed by atoms with E-state index in [0.717, 1.165) is 10.9 Å². The second-order valence-electron chi connectivity index (χ2n) is 7.56. The first-order chi connectivity index (χ1) is 12.3. The number of amides is 1. The summed E-state index contributed by atoms with van der Waals surface area (Å²) in [5, 5.41) is 3.93. The maximum atomic E-state index is 13.2. The van der Waals surface area contributed by atoms with Crippen molar-refractivity contribution in [2.75, 3.05) is 19.5 Å². The third-order valence-electron chi connectivity index (χ3n) is 4.48. The van der Waals surface area contributed by atoms with Gasteiger partial charge in [0.15, 0.2) is 0 Å². The monoisotopic (exact) mass is 358 g/mol. The van der Waals surface area contributed by atoms with Crippen molar-refractivity contribution in [3.05, 3.63) is 30.5 Å². The Balaban J connectivity index is 2.42. The van der Waals surface area contributed by atoms with E-state index in [4.69, 9.17) is 9.47 Å². The zero-order valence-electron chi connectivity index (χ0n) is 16.6. The number of pyridine rings is 1. The fraction of sp³-hybridized carbons (Fsp3) is 0.524. The lowest BCUT2D eigenvalue weighted by Gasteiger charge is -2.34. The highest BCUT2D eigenvalue weighted by Crippen LogP contribution is 2.33. The molecule has 0 aliphatic carbocycles. The molecule has 0 fully saturated rings. The summed E-state index contributed by atoms with van der Waals surface area (Å²) in [6.07, 6.45) is 3.05. The number of benzene rings is 1.